The number of anilines is 1. The Balaban J connectivity index is 2.14. The van der Waals surface area contributed by atoms with Gasteiger partial charge in [-0.3, -0.25) is 0 Å². The van der Waals surface area contributed by atoms with Crippen molar-refractivity contribution < 1.29 is 17.9 Å². The predicted octanol–water partition coefficient (Wildman–Crippen LogP) is 1.81. The largest absolute Gasteiger partial charge is 0.474 e. The number of rotatable bonds is 2. The molecule has 0 unspecified atom stereocenters. The van der Waals surface area contributed by atoms with E-state index >= 15 is 0 Å². The maximum absolute atomic E-state index is 12.5. The van der Waals surface area contributed by atoms with E-state index in [4.69, 9.17) is 10.5 Å². The van der Waals surface area contributed by atoms with E-state index in [9.17, 15) is 13.2 Å². The summed E-state index contributed by atoms with van der Waals surface area (Å²) in [6, 6.07) is 2.12. The maximum Gasteiger partial charge on any atom is 0.433 e. The SMILES string of the molecule is Nc1cc(OC2CCNCC2)nc(C(F)(F)F)c1. The van der Waals surface area contributed by atoms with E-state index in [1.807, 2.05) is 0 Å². The Morgan fingerprint density at radius 1 is 1.28 bits per heavy atom. The van der Waals surface area contributed by atoms with Crippen LogP contribution in [0, 0.1) is 0 Å². The first-order chi connectivity index (χ1) is 8.45. The van der Waals surface area contributed by atoms with Gasteiger partial charge in [-0.2, -0.15) is 13.2 Å². The van der Waals surface area contributed by atoms with E-state index < -0.39 is 11.9 Å². The van der Waals surface area contributed by atoms with Gasteiger partial charge in [0.05, 0.1) is 0 Å². The zero-order valence-corrected chi connectivity index (χ0v) is 9.63. The molecule has 0 spiro atoms. The minimum absolute atomic E-state index is 0.00117. The van der Waals surface area contributed by atoms with Gasteiger partial charge in [0.25, 0.3) is 0 Å². The zero-order valence-electron chi connectivity index (χ0n) is 9.63. The molecule has 1 aromatic rings. The molecule has 0 radical (unpaired) electrons. The summed E-state index contributed by atoms with van der Waals surface area (Å²) in [6.45, 7) is 1.58. The molecule has 1 aromatic heterocycles. The number of alkyl halides is 3. The number of ether oxygens (including phenoxy) is 1. The molecule has 2 heterocycles. The second-order valence-electron chi connectivity index (χ2n) is 4.19. The highest BCUT2D eigenvalue weighted by atomic mass is 19.4. The Labute approximate surface area is 102 Å². The Morgan fingerprint density at radius 3 is 2.56 bits per heavy atom. The van der Waals surface area contributed by atoms with Crippen molar-refractivity contribution in [2.75, 3.05) is 18.8 Å². The van der Waals surface area contributed by atoms with Crippen LogP contribution in [-0.4, -0.2) is 24.2 Å². The Kier molecular flexibility index (Phi) is 3.60. The van der Waals surface area contributed by atoms with E-state index in [0.717, 1.165) is 32.0 Å². The van der Waals surface area contributed by atoms with Crippen LogP contribution in [0.1, 0.15) is 18.5 Å². The highest BCUT2D eigenvalue weighted by Gasteiger charge is 2.33. The highest BCUT2D eigenvalue weighted by Crippen LogP contribution is 2.31. The third-order valence-electron chi connectivity index (χ3n) is 2.69. The summed E-state index contributed by atoms with van der Waals surface area (Å²) in [4.78, 5) is 3.45. The summed E-state index contributed by atoms with van der Waals surface area (Å²) >= 11 is 0. The van der Waals surface area contributed by atoms with Crippen molar-refractivity contribution in [2.24, 2.45) is 0 Å². The van der Waals surface area contributed by atoms with Crippen LogP contribution in [0.5, 0.6) is 5.88 Å². The number of hydrogen-bond acceptors (Lipinski definition) is 4. The van der Waals surface area contributed by atoms with Gasteiger partial charge in [-0.15, -0.1) is 0 Å². The van der Waals surface area contributed by atoms with Crippen molar-refractivity contribution in [3.8, 4) is 5.88 Å². The summed E-state index contributed by atoms with van der Waals surface area (Å²) < 4.78 is 43.1. The normalized spacial score (nSPS) is 17.7. The number of nitrogen functional groups attached to an aromatic ring is 1. The minimum Gasteiger partial charge on any atom is -0.474 e. The summed E-state index contributed by atoms with van der Waals surface area (Å²) in [5, 5.41) is 3.14. The van der Waals surface area contributed by atoms with Crippen LogP contribution in [0.15, 0.2) is 12.1 Å². The Bertz CT molecular complexity index is 416. The van der Waals surface area contributed by atoms with E-state index in [-0.39, 0.29) is 17.7 Å². The number of nitrogens with two attached hydrogens (primary N) is 1. The number of nitrogens with zero attached hydrogens (tertiary/aromatic N) is 1. The van der Waals surface area contributed by atoms with Crippen molar-refractivity contribution in [2.45, 2.75) is 25.1 Å². The van der Waals surface area contributed by atoms with Crippen molar-refractivity contribution in [3.63, 3.8) is 0 Å². The van der Waals surface area contributed by atoms with Crippen LogP contribution in [-0.2, 0) is 6.18 Å². The van der Waals surface area contributed by atoms with Crippen LogP contribution in [0.2, 0.25) is 0 Å². The molecule has 100 valence electrons. The summed E-state index contributed by atoms with van der Waals surface area (Å²) in [5.74, 6) is -0.0609. The summed E-state index contributed by atoms with van der Waals surface area (Å²) in [6.07, 6.45) is -3.13. The predicted molar refractivity (Wildman–Crippen MR) is 60.2 cm³/mol. The minimum atomic E-state index is -4.51. The molecule has 0 amide bonds. The second-order valence-corrected chi connectivity index (χ2v) is 4.19. The molecule has 3 N–H and O–H groups in total. The lowest BCUT2D eigenvalue weighted by Gasteiger charge is -2.23. The van der Waals surface area contributed by atoms with E-state index in [0.29, 0.717) is 0 Å². The highest BCUT2D eigenvalue weighted by molar-refractivity contribution is 5.43. The van der Waals surface area contributed by atoms with Crippen molar-refractivity contribution >= 4 is 5.69 Å². The lowest BCUT2D eigenvalue weighted by atomic mass is 10.1. The van der Waals surface area contributed by atoms with Gasteiger partial charge in [-0.05, 0) is 32.0 Å². The fourth-order valence-electron chi connectivity index (χ4n) is 1.82. The Hall–Kier alpha value is -1.50. The monoisotopic (exact) mass is 261 g/mol. The van der Waals surface area contributed by atoms with E-state index in [1.165, 1.54) is 6.07 Å². The second kappa shape index (κ2) is 5.01. The maximum atomic E-state index is 12.5. The molecule has 0 atom stereocenters. The average Bonchev–Trinajstić information content (AvgIpc) is 2.28. The van der Waals surface area contributed by atoms with Crippen LogP contribution < -0.4 is 15.8 Å². The molecule has 1 aliphatic rings. The molecule has 18 heavy (non-hydrogen) atoms. The van der Waals surface area contributed by atoms with Crippen molar-refractivity contribution in [3.05, 3.63) is 17.8 Å². The van der Waals surface area contributed by atoms with Gasteiger partial charge >= 0.3 is 6.18 Å². The van der Waals surface area contributed by atoms with Gasteiger partial charge in [-0.1, -0.05) is 0 Å². The lowest BCUT2D eigenvalue weighted by molar-refractivity contribution is -0.141. The summed E-state index contributed by atoms with van der Waals surface area (Å²) in [5.41, 5.74) is 4.41. The molecular formula is C11H14F3N3O. The summed E-state index contributed by atoms with van der Waals surface area (Å²) in [7, 11) is 0. The van der Waals surface area contributed by atoms with Gasteiger partial charge in [0, 0.05) is 11.8 Å². The number of halogens is 3. The fourth-order valence-corrected chi connectivity index (χ4v) is 1.82. The first-order valence-electron chi connectivity index (χ1n) is 5.67. The molecule has 0 bridgehead atoms. The lowest BCUT2D eigenvalue weighted by Crippen LogP contribution is -2.34. The molecule has 0 aliphatic carbocycles. The number of hydrogen-bond donors (Lipinski definition) is 2. The molecule has 7 heteroatoms. The van der Waals surface area contributed by atoms with Gasteiger partial charge in [0.15, 0.2) is 5.69 Å². The third-order valence-corrected chi connectivity index (χ3v) is 2.69. The smallest absolute Gasteiger partial charge is 0.433 e. The van der Waals surface area contributed by atoms with Gasteiger partial charge in [0.1, 0.15) is 6.10 Å². The Morgan fingerprint density at radius 2 is 1.94 bits per heavy atom. The van der Waals surface area contributed by atoms with Crippen LogP contribution in [0.4, 0.5) is 18.9 Å². The molecule has 1 aliphatic heterocycles. The zero-order chi connectivity index (χ0) is 13.2. The third kappa shape index (κ3) is 3.25. The van der Waals surface area contributed by atoms with Crippen LogP contribution in [0.25, 0.3) is 0 Å². The number of piperidine rings is 1. The van der Waals surface area contributed by atoms with Crippen molar-refractivity contribution in [1.29, 1.82) is 0 Å². The van der Waals surface area contributed by atoms with Crippen molar-refractivity contribution in [1.82, 2.24) is 10.3 Å². The molecule has 2 rings (SSSR count). The first-order valence-corrected chi connectivity index (χ1v) is 5.67. The first kappa shape index (κ1) is 12.9. The molecule has 1 saturated heterocycles. The molecular weight excluding hydrogens is 247 g/mol. The quantitative estimate of drug-likeness (QED) is 0.852. The molecule has 0 aromatic carbocycles. The van der Waals surface area contributed by atoms with Gasteiger partial charge in [-0.25, -0.2) is 4.98 Å². The van der Waals surface area contributed by atoms with E-state index in [2.05, 4.69) is 10.3 Å². The topological polar surface area (TPSA) is 60.2 Å². The van der Waals surface area contributed by atoms with E-state index in [1.54, 1.807) is 0 Å². The average molecular weight is 261 g/mol. The molecule has 4 nitrogen and oxygen atoms in total. The standard InChI is InChI=1S/C11H14F3N3O/c12-11(13,14)9-5-7(15)6-10(17-9)18-8-1-3-16-4-2-8/h5-6,8,16H,1-4H2,(H2,15,17). The number of nitrogens with one attached hydrogen (secondary N) is 1. The molecule has 0 saturated carbocycles. The number of aromatic nitrogens is 1. The fraction of sp³-hybridized carbons (Fsp3) is 0.545. The van der Waals surface area contributed by atoms with Crippen LogP contribution in [0.3, 0.4) is 0 Å². The van der Waals surface area contributed by atoms with Crippen LogP contribution >= 0.6 is 0 Å². The van der Waals surface area contributed by atoms with Gasteiger partial charge in [0.2, 0.25) is 5.88 Å². The van der Waals surface area contributed by atoms with Gasteiger partial charge < -0.3 is 15.8 Å². The molecule has 1 fully saturated rings. The number of pyridine rings is 1.